The molecule has 2 N–H and O–H groups in total. The number of unbranched alkanes of at least 4 members (excludes halogenated alkanes) is 14. The minimum Gasteiger partial charge on any atom is -0.395 e. The number of hydrogen-bond acceptors (Lipinski definition) is 3. The van der Waals surface area contributed by atoms with Crippen molar-refractivity contribution in [2.75, 3.05) is 13.2 Å². The molecule has 0 saturated heterocycles. The van der Waals surface area contributed by atoms with Crippen LogP contribution in [-0.2, 0) is 0 Å². The van der Waals surface area contributed by atoms with Crippen LogP contribution in [-0.4, -0.2) is 29.3 Å². The van der Waals surface area contributed by atoms with Crippen molar-refractivity contribution in [2.45, 2.75) is 116 Å². The Bertz CT molecular complexity index is 306. The van der Waals surface area contributed by atoms with Crippen molar-refractivity contribution < 1.29 is 5.11 Å². The maximum atomic E-state index is 9.04. The van der Waals surface area contributed by atoms with Gasteiger partial charge in [0.05, 0.1) is 12.8 Å². The molecule has 1 heterocycles. The Kier molecular flexibility index (Phi) is 15.0. The summed E-state index contributed by atoms with van der Waals surface area (Å²) in [6.45, 7) is 3.27. The van der Waals surface area contributed by atoms with Crippen LogP contribution in [0.15, 0.2) is 12.4 Å². The standard InChI is InChI=1S/C22H44N2O/c1-2-3-4-5-6-7-8-9-10-11-12-13-14-15-16-17-22-23-18-19-24(22)20-21-25/h18-19,22-23,25H,2-17,20-21H2,1H3. The first-order chi connectivity index (χ1) is 12.4. The quantitative estimate of drug-likeness (QED) is 0.299. The van der Waals surface area contributed by atoms with E-state index in [-0.39, 0.29) is 6.61 Å². The highest BCUT2D eigenvalue weighted by molar-refractivity contribution is 4.93. The first-order valence-electron chi connectivity index (χ1n) is 11.2. The molecule has 0 radical (unpaired) electrons. The normalized spacial score (nSPS) is 16.6. The number of nitrogens with zero attached hydrogens (tertiary/aromatic N) is 1. The number of aliphatic hydroxyl groups excluding tert-OH is 1. The van der Waals surface area contributed by atoms with Crippen LogP contribution in [0.3, 0.4) is 0 Å². The minimum atomic E-state index is 0.237. The molecule has 1 aliphatic rings. The van der Waals surface area contributed by atoms with E-state index >= 15 is 0 Å². The molecule has 1 rings (SSSR count). The third kappa shape index (κ3) is 12.3. The molecule has 0 amide bonds. The van der Waals surface area contributed by atoms with Gasteiger partial charge in [-0.25, -0.2) is 0 Å². The summed E-state index contributed by atoms with van der Waals surface area (Å²) in [5.41, 5.74) is 0. The molecule has 3 heteroatoms. The molecular formula is C22H44N2O. The predicted molar refractivity (Wildman–Crippen MR) is 109 cm³/mol. The number of aliphatic hydroxyl groups is 1. The highest BCUT2D eigenvalue weighted by Gasteiger charge is 2.16. The van der Waals surface area contributed by atoms with Crippen LogP contribution in [0.4, 0.5) is 0 Å². The van der Waals surface area contributed by atoms with E-state index < -0.39 is 0 Å². The third-order valence-corrected chi connectivity index (χ3v) is 5.39. The lowest BCUT2D eigenvalue weighted by atomic mass is 10.0. The summed E-state index contributed by atoms with van der Waals surface area (Å²) in [4.78, 5) is 2.21. The van der Waals surface area contributed by atoms with Gasteiger partial charge in [-0.3, -0.25) is 0 Å². The Hall–Kier alpha value is -0.700. The SMILES string of the molecule is CCCCCCCCCCCCCCCCCC1NC=CN1CCO. The molecule has 0 saturated carbocycles. The van der Waals surface area contributed by atoms with Gasteiger partial charge < -0.3 is 15.3 Å². The lowest BCUT2D eigenvalue weighted by Gasteiger charge is -2.24. The highest BCUT2D eigenvalue weighted by Crippen LogP contribution is 2.15. The molecule has 0 aliphatic carbocycles. The van der Waals surface area contributed by atoms with E-state index in [1.54, 1.807) is 0 Å². The van der Waals surface area contributed by atoms with Gasteiger partial charge in [-0.05, 0) is 12.8 Å². The summed E-state index contributed by atoms with van der Waals surface area (Å²) < 4.78 is 0. The summed E-state index contributed by atoms with van der Waals surface area (Å²) in [6.07, 6.45) is 26.9. The zero-order valence-electron chi connectivity index (χ0n) is 16.9. The van der Waals surface area contributed by atoms with E-state index in [9.17, 15) is 0 Å². The lowest BCUT2D eigenvalue weighted by molar-refractivity contribution is 0.194. The van der Waals surface area contributed by atoms with Crippen LogP contribution in [0.1, 0.15) is 110 Å². The zero-order valence-corrected chi connectivity index (χ0v) is 16.9. The van der Waals surface area contributed by atoms with Gasteiger partial charge in [0.2, 0.25) is 0 Å². The maximum absolute atomic E-state index is 9.04. The molecule has 25 heavy (non-hydrogen) atoms. The van der Waals surface area contributed by atoms with E-state index in [4.69, 9.17) is 5.11 Å². The smallest absolute Gasteiger partial charge is 0.0982 e. The summed E-state index contributed by atoms with van der Waals surface area (Å²) >= 11 is 0. The molecule has 148 valence electrons. The van der Waals surface area contributed by atoms with Crippen LogP contribution in [0, 0.1) is 0 Å². The largest absolute Gasteiger partial charge is 0.395 e. The second-order valence-corrected chi connectivity index (χ2v) is 7.70. The lowest BCUT2D eigenvalue weighted by Crippen LogP contribution is -2.36. The van der Waals surface area contributed by atoms with E-state index in [1.807, 2.05) is 6.20 Å². The molecule has 1 unspecified atom stereocenters. The van der Waals surface area contributed by atoms with Gasteiger partial charge in [0, 0.05) is 18.9 Å². The van der Waals surface area contributed by atoms with Crippen molar-refractivity contribution in [1.29, 1.82) is 0 Å². The van der Waals surface area contributed by atoms with Crippen LogP contribution >= 0.6 is 0 Å². The summed E-state index contributed by atoms with van der Waals surface area (Å²) in [5, 5.41) is 12.4. The van der Waals surface area contributed by atoms with E-state index in [0.29, 0.717) is 6.17 Å². The molecule has 0 aromatic carbocycles. The summed E-state index contributed by atoms with van der Waals surface area (Å²) in [5.74, 6) is 0. The molecule has 0 bridgehead atoms. The Balaban J connectivity index is 1.75. The molecule has 1 atom stereocenters. The predicted octanol–water partition coefficient (Wildman–Crippen LogP) is 5.94. The second-order valence-electron chi connectivity index (χ2n) is 7.70. The number of nitrogens with one attached hydrogen (secondary N) is 1. The van der Waals surface area contributed by atoms with Crippen molar-refractivity contribution >= 4 is 0 Å². The molecule has 1 aliphatic heterocycles. The number of hydrogen-bond donors (Lipinski definition) is 2. The average molecular weight is 353 g/mol. The van der Waals surface area contributed by atoms with Crippen molar-refractivity contribution in [3.63, 3.8) is 0 Å². The fraction of sp³-hybridized carbons (Fsp3) is 0.909. The van der Waals surface area contributed by atoms with Crippen LogP contribution < -0.4 is 5.32 Å². The van der Waals surface area contributed by atoms with Crippen LogP contribution in [0.2, 0.25) is 0 Å². The Morgan fingerprint density at radius 2 is 1.24 bits per heavy atom. The van der Waals surface area contributed by atoms with E-state index in [2.05, 4.69) is 23.3 Å². The highest BCUT2D eigenvalue weighted by atomic mass is 16.3. The Morgan fingerprint density at radius 3 is 1.72 bits per heavy atom. The van der Waals surface area contributed by atoms with E-state index in [1.165, 1.54) is 103 Å². The third-order valence-electron chi connectivity index (χ3n) is 5.39. The minimum absolute atomic E-state index is 0.237. The number of rotatable bonds is 18. The van der Waals surface area contributed by atoms with Crippen molar-refractivity contribution in [3.8, 4) is 0 Å². The molecule has 0 fully saturated rings. The van der Waals surface area contributed by atoms with E-state index in [0.717, 1.165) is 6.54 Å². The van der Waals surface area contributed by atoms with Crippen LogP contribution in [0.25, 0.3) is 0 Å². The first-order valence-corrected chi connectivity index (χ1v) is 11.2. The Labute approximate surface area is 157 Å². The van der Waals surface area contributed by atoms with Gasteiger partial charge in [0.15, 0.2) is 0 Å². The Morgan fingerprint density at radius 1 is 0.760 bits per heavy atom. The summed E-state index contributed by atoms with van der Waals surface area (Å²) in [6, 6.07) is 0. The van der Waals surface area contributed by atoms with Crippen molar-refractivity contribution in [1.82, 2.24) is 10.2 Å². The average Bonchev–Trinajstić information content (AvgIpc) is 3.06. The van der Waals surface area contributed by atoms with Crippen LogP contribution in [0.5, 0.6) is 0 Å². The summed E-state index contributed by atoms with van der Waals surface area (Å²) in [7, 11) is 0. The zero-order chi connectivity index (χ0) is 18.0. The molecule has 3 nitrogen and oxygen atoms in total. The fourth-order valence-corrected chi connectivity index (χ4v) is 3.75. The molecule has 0 aromatic heterocycles. The van der Waals surface area contributed by atoms with Gasteiger partial charge >= 0.3 is 0 Å². The molecule has 0 spiro atoms. The van der Waals surface area contributed by atoms with Gasteiger partial charge in [-0.1, -0.05) is 96.8 Å². The van der Waals surface area contributed by atoms with Gasteiger partial charge in [0.25, 0.3) is 0 Å². The number of β-amino-alcohol motifs (C(OH)–C–C–N with tert-alkyl or cyclic N) is 1. The van der Waals surface area contributed by atoms with Crippen molar-refractivity contribution in [3.05, 3.63) is 12.4 Å². The molecular weight excluding hydrogens is 308 g/mol. The first kappa shape index (κ1) is 22.3. The van der Waals surface area contributed by atoms with Gasteiger partial charge in [-0.15, -0.1) is 0 Å². The van der Waals surface area contributed by atoms with Gasteiger partial charge in [0.1, 0.15) is 0 Å². The second kappa shape index (κ2) is 16.8. The van der Waals surface area contributed by atoms with Crippen molar-refractivity contribution in [2.24, 2.45) is 0 Å². The maximum Gasteiger partial charge on any atom is 0.0982 e. The monoisotopic (exact) mass is 352 g/mol. The fourth-order valence-electron chi connectivity index (χ4n) is 3.75. The van der Waals surface area contributed by atoms with Gasteiger partial charge in [-0.2, -0.15) is 0 Å². The molecule has 0 aromatic rings. The topological polar surface area (TPSA) is 35.5 Å².